The fourth-order valence-electron chi connectivity index (χ4n) is 8.34. The molecule has 10 aromatic rings. The van der Waals surface area contributed by atoms with Crippen molar-refractivity contribution in [2.45, 2.75) is 12.8 Å². The van der Waals surface area contributed by atoms with Gasteiger partial charge in [-0.05, 0) is 83.3 Å². The Bertz CT molecular complexity index is 3130. The third-order valence-corrected chi connectivity index (χ3v) is 10.6. The second-order valence-electron chi connectivity index (χ2n) is 13.5. The maximum atomic E-state index is 5.24. The summed E-state index contributed by atoms with van der Waals surface area (Å²) in [4.78, 5) is 15.0. The summed E-state index contributed by atoms with van der Waals surface area (Å²) in [5.74, 6) is 0.606. The number of pyridine rings is 1. The van der Waals surface area contributed by atoms with Crippen molar-refractivity contribution in [3.63, 3.8) is 0 Å². The molecule has 0 unspecified atom stereocenters. The summed E-state index contributed by atoms with van der Waals surface area (Å²) >= 11 is 0. The average Bonchev–Trinajstić information content (AvgIpc) is 3.73. The highest BCUT2D eigenvalue weighted by molar-refractivity contribution is 6.25. The van der Waals surface area contributed by atoms with Gasteiger partial charge in [-0.3, -0.25) is 4.57 Å². The molecule has 4 heterocycles. The molecule has 0 atom stereocenters. The van der Waals surface area contributed by atoms with Gasteiger partial charge in [0.25, 0.3) is 0 Å². The summed E-state index contributed by atoms with van der Waals surface area (Å²) in [5.41, 5.74) is 10.8. The predicted octanol–water partition coefficient (Wildman–Crippen LogP) is 11.9. The van der Waals surface area contributed by atoms with E-state index in [1.54, 1.807) is 6.20 Å². The molecule has 0 fully saturated rings. The molecule has 5 heteroatoms. The molecule has 244 valence electrons. The number of fused-ring (bicyclic) bond motifs is 9. The lowest BCUT2D eigenvalue weighted by Gasteiger charge is -2.14. The number of para-hydroxylation sites is 2. The van der Waals surface area contributed by atoms with Gasteiger partial charge in [-0.25, -0.2) is 9.97 Å². The Morgan fingerprint density at radius 1 is 0.481 bits per heavy atom. The van der Waals surface area contributed by atoms with Crippen molar-refractivity contribution in [3.8, 4) is 28.3 Å². The largest absolute Gasteiger partial charge is 0.310 e. The van der Waals surface area contributed by atoms with Gasteiger partial charge < -0.3 is 4.57 Å². The van der Waals surface area contributed by atoms with Crippen molar-refractivity contribution >= 4 is 71.1 Å². The number of rotatable bonds is 4. The summed E-state index contributed by atoms with van der Waals surface area (Å²) in [6.07, 6.45) is 10.9. The van der Waals surface area contributed by atoms with Gasteiger partial charge in [0.05, 0.1) is 27.8 Å². The van der Waals surface area contributed by atoms with Crippen LogP contribution in [0.3, 0.4) is 0 Å². The number of hydrogen-bond donors (Lipinski definition) is 0. The highest BCUT2D eigenvalue weighted by Gasteiger charge is 2.21. The summed E-state index contributed by atoms with van der Waals surface area (Å²) in [6, 6.07) is 49.8. The minimum Gasteiger partial charge on any atom is -0.310 e. The number of hydrogen-bond acceptors (Lipinski definition) is 3. The van der Waals surface area contributed by atoms with Crippen LogP contribution in [0.25, 0.3) is 99.4 Å². The third-order valence-electron chi connectivity index (χ3n) is 10.6. The molecule has 4 aromatic heterocycles. The van der Waals surface area contributed by atoms with Crippen molar-refractivity contribution < 1.29 is 0 Å². The van der Waals surface area contributed by atoms with Crippen LogP contribution < -0.4 is 0 Å². The van der Waals surface area contributed by atoms with Crippen LogP contribution in [-0.2, 0) is 0 Å². The van der Waals surface area contributed by atoms with E-state index < -0.39 is 0 Å². The molecular weight excluding hydrogens is 635 g/mol. The summed E-state index contributed by atoms with van der Waals surface area (Å²) in [5, 5.41) is 8.31. The zero-order valence-electron chi connectivity index (χ0n) is 28.2. The Hall–Kier alpha value is -6.85. The molecule has 0 bridgehead atoms. The van der Waals surface area contributed by atoms with Gasteiger partial charge in [-0.15, -0.1) is 0 Å². The SMILES string of the molecule is C1=CC(n2c3ccccc3c3c4ccccc4c(-c4ccc5c(c4)c4ccccc4n5-c4nc(-c5ccccc5)c5cccnc5n4)cc32)=CCC1. The second-order valence-corrected chi connectivity index (χ2v) is 13.5. The van der Waals surface area contributed by atoms with E-state index >= 15 is 0 Å². The molecule has 5 nitrogen and oxygen atoms in total. The molecule has 0 radical (unpaired) electrons. The lowest BCUT2D eigenvalue weighted by Crippen LogP contribution is -2.04. The van der Waals surface area contributed by atoms with Crippen LogP contribution in [-0.4, -0.2) is 24.1 Å². The molecule has 1 aliphatic rings. The van der Waals surface area contributed by atoms with E-state index in [1.807, 2.05) is 30.3 Å². The fourth-order valence-corrected chi connectivity index (χ4v) is 8.34. The van der Waals surface area contributed by atoms with E-state index in [4.69, 9.17) is 9.97 Å². The van der Waals surface area contributed by atoms with Crippen molar-refractivity contribution in [2.75, 3.05) is 0 Å². The van der Waals surface area contributed by atoms with Gasteiger partial charge in [0.1, 0.15) is 0 Å². The first-order valence-corrected chi connectivity index (χ1v) is 17.9. The quantitative estimate of drug-likeness (QED) is 0.188. The topological polar surface area (TPSA) is 48.5 Å². The van der Waals surface area contributed by atoms with Crippen LogP contribution in [0.1, 0.15) is 12.8 Å². The lowest BCUT2D eigenvalue weighted by atomic mass is 9.94. The maximum absolute atomic E-state index is 5.24. The monoisotopic (exact) mass is 665 g/mol. The highest BCUT2D eigenvalue weighted by atomic mass is 15.2. The Morgan fingerprint density at radius 3 is 2.02 bits per heavy atom. The smallest absolute Gasteiger partial charge is 0.237 e. The van der Waals surface area contributed by atoms with Crippen molar-refractivity contribution in [2.24, 2.45) is 0 Å². The van der Waals surface area contributed by atoms with Gasteiger partial charge >= 0.3 is 0 Å². The Balaban J connectivity index is 1.19. The van der Waals surface area contributed by atoms with E-state index in [2.05, 4.69) is 142 Å². The molecule has 0 N–H and O–H groups in total. The van der Waals surface area contributed by atoms with Crippen LogP contribution >= 0.6 is 0 Å². The van der Waals surface area contributed by atoms with Gasteiger partial charge in [-0.2, -0.15) is 4.98 Å². The molecular formula is C47H31N5. The Morgan fingerprint density at radius 2 is 1.19 bits per heavy atom. The molecule has 0 aliphatic heterocycles. The van der Waals surface area contributed by atoms with Crippen LogP contribution in [0.2, 0.25) is 0 Å². The van der Waals surface area contributed by atoms with E-state index in [9.17, 15) is 0 Å². The van der Waals surface area contributed by atoms with Gasteiger partial charge in [0, 0.05) is 44.4 Å². The van der Waals surface area contributed by atoms with Crippen molar-refractivity contribution in [1.82, 2.24) is 24.1 Å². The standard InChI is InChI=1S/C47H31N5/c1-3-14-30(15-4-1)45-37-22-13-27-48-46(37)50-47(49-45)52-40-23-11-9-19-34(40)39-28-31(25-26-42(39)52)38-29-43-44(35-20-8-7-18-33(35)38)36-21-10-12-24-41(36)51(43)32-16-5-2-6-17-32/h1,3-5,7-29H,2,6H2. The maximum Gasteiger partial charge on any atom is 0.237 e. The normalized spacial score (nSPS) is 13.3. The summed E-state index contributed by atoms with van der Waals surface area (Å²) in [6.45, 7) is 0. The predicted molar refractivity (Wildman–Crippen MR) is 216 cm³/mol. The number of allylic oxidation sites excluding steroid dienone is 4. The zero-order chi connectivity index (χ0) is 34.2. The van der Waals surface area contributed by atoms with Gasteiger partial charge in [0.15, 0.2) is 5.65 Å². The lowest BCUT2D eigenvalue weighted by molar-refractivity contribution is 1.00. The third kappa shape index (κ3) is 4.26. The zero-order valence-corrected chi connectivity index (χ0v) is 28.2. The molecule has 0 amide bonds. The minimum absolute atomic E-state index is 0.606. The fraction of sp³-hybridized carbons (Fsp3) is 0.0426. The number of benzene rings is 6. The van der Waals surface area contributed by atoms with E-state index in [0.717, 1.165) is 51.3 Å². The first kappa shape index (κ1) is 28.9. The first-order valence-electron chi connectivity index (χ1n) is 17.9. The first-order chi connectivity index (χ1) is 25.8. The van der Waals surface area contributed by atoms with E-state index in [-0.39, 0.29) is 0 Å². The van der Waals surface area contributed by atoms with Crippen LogP contribution in [0, 0.1) is 0 Å². The van der Waals surface area contributed by atoms with Crippen LogP contribution in [0.4, 0.5) is 0 Å². The summed E-state index contributed by atoms with van der Waals surface area (Å²) < 4.78 is 4.64. The number of nitrogens with zero attached hydrogens (tertiary/aromatic N) is 5. The Labute approximate surface area is 299 Å². The molecule has 6 aromatic carbocycles. The summed E-state index contributed by atoms with van der Waals surface area (Å²) in [7, 11) is 0. The molecule has 0 saturated heterocycles. The highest BCUT2D eigenvalue weighted by Crippen LogP contribution is 2.43. The van der Waals surface area contributed by atoms with E-state index in [1.165, 1.54) is 49.4 Å². The van der Waals surface area contributed by atoms with Crippen molar-refractivity contribution in [1.29, 1.82) is 0 Å². The van der Waals surface area contributed by atoms with Crippen molar-refractivity contribution in [3.05, 3.63) is 164 Å². The van der Waals surface area contributed by atoms with Crippen LogP contribution in [0.15, 0.2) is 164 Å². The molecule has 1 aliphatic carbocycles. The number of aromatic nitrogens is 5. The van der Waals surface area contributed by atoms with E-state index in [0.29, 0.717) is 11.6 Å². The van der Waals surface area contributed by atoms with Crippen LogP contribution in [0.5, 0.6) is 0 Å². The molecule has 0 spiro atoms. The minimum atomic E-state index is 0.606. The molecule has 11 rings (SSSR count). The average molecular weight is 666 g/mol. The van der Waals surface area contributed by atoms with Gasteiger partial charge in [-0.1, -0.05) is 109 Å². The Kier molecular flexibility index (Phi) is 6.31. The second kappa shape index (κ2) is 11.3. The molecule has 52 heavy (non-hydrogen) atoms. The van der Waals surface area contributed by atoms with Gasteiger partial charge in [0.2, 0.25) is 5.95 Å². The molecule has 0 saturated carbocycles.